The van der Waals surface area contributed by atoms with E-state index < -0.39 is 0 Å². The molecular weight excluding hydrogens is 348 g/mol. The number of H-pyrrole nitrogens is 1. The number of halogens is 1. The average molecular weight is 361 g/mol. The van der Waals surface area contributed by atoms with Gasteiger partial charge in [-0.05, 0) is 12.1 Å². The zero-order valence-corrected chi connectivity index (χ0v) is 13.6. The quantitative estimate of drug-likeness (QED) is 0.777. The summed E-state index contributed by atoms with van der Waals surface area (Å²) in [6.07, 6.45) is 0. The van der Waals surface area contributed by atoms with Gasteiger partial charge in [0.25, 0.3) is 5.56 Å². The topological polar surface area (TPSA) is 64.2 Å². The number of nitrogens with zero attached hydrogens (tertiary/aromatic N) is 1. The minimum atomic E-state index is -0.250. The normalized spacial score (nSPS) is 10.7. The Morgan fingerprint density at radius 3 is 2.64 bits per heavy atom. The van der Waals surface area contributed by atoms with E-state index in [9.17, 15) is 4.79 Å². The Morgan fingerprint density at radius 1 is 1.14 bits per heavy atom. The van der Waals surface area contributed by atoms with Crippen LogP contribution in [0.15, 0.2) is 45.7 Å². The van der Waals surface area contributed by atoms with Crippen LogP contribution in [0.3, 0.4) is 0 Å². The number of nitrogens with one attached hydrogen (secondary N) is 1. The molecule has 3 rings (SSSR count). The molecule has 0 radical (unpaired) electrons. The van der Waals surface area contributed by atoms with Gasteiger partial charge in [0.05, 0.1) is 19.7 Å². The highest BCUT2D eigenvalue weighted by Crippen LogP contribution is 2.29. The number of aromatic nitrogens is 2. The molecule has 0 aliphatic heterocycles. The molecule has 0 fully saturated rings. The summed E-state index contributed by atoms with van der Waals surface area (Å²) in [5.74, 6) is 1.51. The molecule has 0 bridgehead atoms. The van der Waals surface area contributed by atoms with Crippen molar-refractivity contribution in [3.05, 3.63) is 51.2 Å². The van der Waals surface area contributed by atoms with Crippen molar-refractivity contribution < 1.29 is 9.47 Å². The number of aromatic amines is 1. The molecule has 1 heterocycles. The number of rotatable bonds is 3. The predicted octanol–water partition coefficient (Wildman–Crippen LogP) is 3.37. The van der Waals surface area contributed by atoms with Crippen molar-refractivity contribution in [2.45, 2.75) is 0 Å². The van der Waals surface area contributed by atoms with E-state index in [4.69, 9.17) is 9.47 Å². The second-order valence-corrected chi connectivity index (χ2v) is 5.56. The van der Waals surface area contributed by atoms with Crippen LogP contribution in [-0.2, 0) is 0 Å². The van der Waals surface area contributed by atoms with Crippen LogP contribution in [0.4, 0.5) is 0 Å². The fourth-order valence-corrected chi connectivity index (χ4v) is 2.66. The van der Waals surface area contributed by atoms with Gasteiger partial charge in [0.2, 0.25) is 0 Å². The lowest BCUT2D eigenvalue weighted by molar-refractivity contribution is 0.397. The molecule has 0 amide bonds. The minimum absolute atomic E-state index is 0.250. The lowest BCUT2D eigenvalue weighted by Crippen LogP contribution is -2.11. The van der Waals surface area contributed by atoms with Gasteiger partial charge in [-0.1, -0.05) is 28.1 Å². The Kier molecular flexibility index (Phi) is 3.85. The van der Waals surface area contributed by atoms with Crippen molar-refractivity contribution in [3.8, 4) is 22.9 Å². The van der Waals surface area contributed by atoms with Crippen LogP contribution >= 0.6 is 15.9 Å². The fourth-order valence-electron chi connectivity index (χ4n) is 2.26. The first kappa shape index (κ1) is 14.6. The van der Waals surface area contributed by atoms with E-state index in [-0.39, 0.29) is 5.56 Å². The molecule has 22 heavy (non-hydrogen) atoms. The Balaban J connectivity index is 2.30. The highest BCUT2D eigenvalue weighted by atomic mass is 79.9. The van der Waals surface area contributed by atoms with Crippen LogP contribution < -0.4 is 15.0 Å². The molecule has 1 aromatic heterocycles. The summed E-state index contributed by atoms with van der Waals surface area (Å²) in [4.78, 5) is 19.7. The second-order valence-electron chi connectivity index (χ2n) is 4.65. The van der Waals surface area contributed by atoms with Gasteiger partial charge in [-0.2, -0.15) is 0 Å². The Hall–Kier alpha value is -2.34. The van der Waals surface area contributed by atoms with Gasteiger partial charge >= 0.3 is 0 Å². The summed E-state index contributed by atoms with van der Waals surface area (Å²) in [6.45, 7) is 0. The van der Waals surface area contributed by atoms with Crippen LogP contribution in [0.5, 0.6) is 11.5 Å². The number of hydrogen-bond donors (Lipinski definition) is 1. The van der Waals surface area contributed by atoms with Gasteiger partial charge in [0.1, 0.15) is 22.7 Å². The third-order valence-corrected chi connectivity index (χ3v) is 3.79. The number of benzene rings is 2. The first-order valence-electron chi connectivity index (χ1n) is 6.54. The van der Waals surface area contributed by atoms with Crippen LogP contribution in [0, 0.1) is 0 Å². The SMILES string of the molecule is COc1cc(OC)c2c(=O)[nH]c(-c3cccc(Br)c3)nc2c1. The number of methoxy groups -OCH3 is 2. The molecule has 0 saturated carbocycles. The van der Waals surface area contributed by atoms with E-state index >= 15 is 0 Å². The van der Waals surface area contributed by atoms with Crippen molar-refractivity contribution in [2.75, 3.05) is 14.2 Å². The largest absolute Gasteiger partial charge is 0.497 e. The van der Waals surface area contributed by atoms with Crippen LogP contribution in [0.1, 0.15) is 0 Å². The van der Waals surface area contributed by atoms with E-state index in [1.54, 1.807) is 19.2 Å². The zero-order valence-electron chi connectivity index (χ0n) is 12.0. The first-order chi connectivity index (χ1) is 10.6. The first-order valence-corrected chi connectivity index (χ1v) is 7.33. The van der Waals surface area contributed by atoms with E-state index in [1.165, 1.54) is 7.11 Å². The van der Waals surface area contributed by atoms with E-state index in [0.717, 1.165) is 10.0 Å². The Morgan fingerprint density at radius 2 is 1.95 bits per heavy atom. The smallest absolute Gasteiger partial charge is 0.262 e. The van der Waals surface area contributed by atoms with Gasteiger partial charge in [0, 0.05) is 22.2 Å². The average Bonchev–Trinajstić information content (AvgIpc) is 2.53. The summed E-state index contributed by atoms with van der Waals surface area (Å²) in [5, 5.41) is 0.405. The summed E-state index contributed by atoms with van der Waals surface area (Å²) in [6, 6.07) is 10.9. The molecule has 0 atom stereocenters. The standard InChI is InChI=1S/C16H13BrN2O3/c1-21-11-7-12-14(13(8-11)22-2)16(20)19-15(18-12)9-4-3-5-10(17)6-9/h3-8H,1-2H3,(H,18,19,20). The molecule has 0 aliphatic rings. The third-order valence-electron chi connectivity index (χ3n) is 3.30. The van der Waals surface area contributed by atoms with Crippen molar-refractivity contribution >= 4 is 26.8 Å². The predicted molar refractivity (Wildman–Crippen MR) is 88.6 cm³/mol. The summed E-state index contributed by atoms with van der Waals surface area (Å²) in [5.41, 5.74) is 1.09. The molecule has 1 N–H and O–H groups in total. The molecule has 6 heteroatoms. The Bertz CT molecular complexity index is 906. The van der Waals surface area contributed by atoms with Gasteiger partial charge in [0.15, 0.2) is 0 Å². The van der Waals surface area contributed by atoms with E-state index in [1.807, 2.05) is 24.3 Å². The maximum Gasteiger partial charge on any atom is 0.262 e. The molecule has 112 valence electrons. The maximum absolute atomic E-state index is 12.4. The highest BCUT2D eigenvalue weighted by Gasteiger charge is 2.13. The summed E-state index contributed by atoms with van der Waals surface area (Å²) < 4.78 is 11.4. The molecular formula is C16H13BrN2O3. The minimum Gasteiger partial charge on any atom is -0.497 e. The van der Waals surface area contributed by atoms with Gasteiger partial charge in [-0.3, -0.25) is 4.79 Å². The van der Waals surface area contributed by atoms with Crippen LogP contribution in [-0.4, -0.2) is 24.2 Å². The second kappa shape index (κ2) is 5.81. The van der Waals surface area contributed by atoms with Gasteiger partial charge < -0.3 is 14.5 Å². The van der Waals surface area contributed by atoms with Gasteiger partial charge in [-0.15, -0.1) is 0 Å². The van der Waals surface area contributed by atoms with Crippen molar-refractivity contribution in [1.29, 1.82) is 0 Å². The maximum atomic E-state index is 12.4. The molecule has 0 saturated heterocycles. The lowest BCUT2D eigenvalue weighted by atomic mass is 10.1. The summed E-state index contributed by atoms with van der Waals surface area (Å²) >= 11 is 3.41. The van der Waals surface area contributed by atoms with Crippen molar-refractivity contribution in [3.63, 3.8) is 0 Å². The van der Waals surface area contributed by atoms with E-state index in [0.29, 0.717) is 28.2 Å². The fraction of sp³-hybridized carbons (Fsp3) is 0.125. The van der Waals surface area contributed by atoms with E-state index in [2.05, 4.69) is 25.9 Å². The number of fused-ring (bicyclic) bond motifs is 1. The molecule has 2 aromatic carbocycles. The molecule has 0 unspecified atom stereocenters. The molecule has 0 spiro atoms. The lowest BCUT2D eigenvalue weighted by Gasteiger charge is -2.09. The number of hydrogen-bond acceptors (Lipinski definition) is 4. The number of ether oxygens (including phenoxy) is 2. The summed E-state index contributed by atoms with van der Waals surface area (Å²) in [7, 11) is 3.07. The Labute approximate surface area is 135 Å². The van der Waals surface area contributed by atoms with Crippen molar-refractivity contribution in [1.82, 2.24) is 9.97 Å². The molecule has 3 aromatic rings. The highest BCUT2D eigenvalue weighted by molar-refractivity contribution is 9.10. The molecule has 5 nitrogen and oxygen atoms in total. The zero-order chi connectivity index (χ0) is 15.7. The van der Waals surface area contributed by atoms with Crippen molar-refractivity contribution in [2.24, 2.45) is 0 Å². The third kappa shape index (κ3) is 2.57. The monoisotopic (exact) mass is 360 g/mol. The van der Waals surface area contributed by atoms with Crippen LogP contribution in [0.2, 0.25) is 0 Å². The molecule has 0 aliphatic carbocycles. The van der Waals surface area contributed by atoms with Gasteiger partial charge in [-0.25, -0.2) is 4.98 Å². The van der Waals surface area contributed by atoms with Crippen LogP contribution in [0.25, 0.3) is 22.3 Å².